The maximum absolute atomic E-state index is 2.26. The first kappa shape index (κ1) is 8.83. The molecule has 1 fully saturated rings. The van der Waals surface area contributed by atoms with Crippen LogP contribution >= 0.6 is 0 Å². The van der Waals surface area contributed by atoms with Crippen LogP contribution < -0.4 is 0 Å². The Morgan fingerprint density at radius 1 is 0.818 bits per heavy atom. The summed E-state index contributed by atoms with van der Waals surface area (Å²) in [5.41, 5.74) is 3.32. The lowest BCUT2D eigenvalue weighted by Gasteiger charge is -2.13. The summed E-state index contributed by atoms with van der Waals surface area (Å²) in [4.78, 5) is 0. The summed E-state index contributed by atoms with van der Waals surface area (Å²) >= 11 is 0. The lowest BCUT2D eigenvalue weighted by atomic mass is 9.94. The average Bonchev–Trinajstić information content (AvgIpc) is 1.84. The first-order valence-corrected chi connectivity index (χ1v) is 4.96. The van der Waals surface area contributed by atoms with E-state index in [1.54, 1.807) is 11.1 Å². The maximum atomic E-state index is 2.26. The van der Waals surface area contributed by atoms with Crippen molar-refractivity contribution in [3.8, 4) is 0 Å². The molecule has 11 heavy (non-hydrogen) atoms. The highest BCUT2D eigenvalue weighted by atomic mass is 14.1. The fourth-order valence-electron chi connectivity index (χ4n) is 1.83. The van der Waals surface area contributed by atoms with Gasteiger partial charge in [-0.05, 0) is 39.5 Å². The molecule has 1 aliphatic carbocycles. The van der Waals surface area contributed by atoms with Gasteiger partial charge in [0, 0.05) is 0 Å². The van der Waals surface area contributed by atoms with Gasteiger partial charge in [-0.15, -0.1) is 0 Å². The molecule has 1 aliphatic rings. The van der Waals surface area contributed by atoms with E-state index in [9.17, 15) is 0 Å². The molecule has 0 amide bonds. The Bertz CT molecular complexity index is 128. The van der Waals surface area contributed by atoms with Gasteiger partial charge in [0.15, 0.2) is 0 Å². The topological polar surface area (TPSA) is 0 Å². The van der Waals surface area contributed by atoms with E-state index in [-0.39, 0.29) is 0 Å². The van der Waals surface area contributed by atoms with Crippen LogP contribution in [0.25, 0.3) is 0 Å². The van der Waals surface area contributed by atoms with Crippen molar-refractivity contribution in [2.24, 2.45) is 0 Å². The van der Waals surface area contributed by atoms with Crippen molar-refractivity contribution in [3.05, 3.63) is 11.1 Å². The first-order valence-electron chi connectivity index (χ1n) is 4.96. The second-order valence-electron chi connectivity index (χ2n) is 3.87. The Morgan fingerprint density at radius 3 is 1.73 bits per heavy atom. The Kier molecular flexibility index (Phi) is 3.68. The maximum Gasteiger partial charge on any atom is -0.0318 e. The van der Waals surface area contributed by atoms with Crippen molar-refractivity contribution in [2.75, 3.05) is 0 Å². The van der Waals surface area contributed by atoms with Gasteiger partial charge in [0.1, 0.15) is 0 Å². The summed E-state index contributed by atoms with van der Waals surface area (Å²) in [6.07, 6.45) is 10.00. The zero-order valence-electron chi connectivity index (χ0n) is 7.95. The fourth-order valence-corrected chi connectivity index (χ4v) is 1.83. The van der Waals surface area contributed by atoms with Crippen LogP contribution in [0.15, 0.2) is 11.1 Å². The predicted molar refractivity (Wildman–Crippen MR) is 50.7 cm³/mol. The van der Waals surface area contributed by atoms with Gasteiger partial charge in [-0.3, -0.25) is 0 Å². The minimum absolute atomic E-state index is 1.38. The van der Waals surface area contributed by atoms with E-state index in [4.69, 9.17) is 0 Å². The summed E-state index contributed by atoms with van der Waals surface area (Å²) in [6, 6.07) is 0. The second kappa shape index (κ2) is 4.58. The van der Waals surface area contributed by atoms with Gasteiger partial charge in [0.2, 0.25) is 0 Å². The van der Waals surface area contributed by atoms with E-state index in [2.05, 4.69) is 13.8 Å². The van der Waals surface area contributed by atoms with Crippen LogP contribution in [0.4, 0.5) is 0 Å². The van der Waals surface area contributed by atoms with Gasteiger partial charge in [0.25, 0.3) is 0 Å². The van der Waals surface area contributed by atoms with E-state index in [1.807, 2.05) is 0 Å². The molecular formula is C11H20. The summed E-state index contributed by atoms with van der Waals surface area (Å²) in [5, 5.41) is 0. The van der Waals surface area contributed by atoms with E-state index in [0.717, 1.165) is 0 Å². The van der Waals surface area contributed by atoms with Crippen LogP contribution in [0.3, 0.4) is 0 Å². The minimum Gasteiger partial charge on any atom is -0.0772 e. The number of hydrogen-bond donors (Lipinski definition) is 0. The monoisotopic (exact) mass is 152 g/mol. The van der Waals surface area contributed by atoms with Crippen LogP contribution in [0.1, 0.15) is 58.8 Å². The molecule has 0 N–H and O–H groups in total. The molecule has 0 nitrogen and oxygen atoms in total. The average molecular weight is 152 g/mol. The standard InChI is InChI=1S/C11H20/c1-10(2)11-8-6-4-3-5-7-9-11/h3-9H2,1-2H3. The van der Waals surface area contributed by atoms with Crippen molar-refractivity contribution in [1.82, 2.24) is 0 Å². The zero-order chi connectivity index (χ0) is 8.10. The Balaban J connectivity index is 2.45. The van der Waals surface area contributed by atoms with Gasteiger partial charge in [-0.25, -0.2) is 0 Å². The SMILES string of the molecule is CC(C)=C1CCCCCCC1. The molecule has 0 radical (unpaired) electrons. The van der Waals surface area contributed by atoms with Gasteiger partial charge >= 0.3 is 0 Å². The molecule has 0 aromatic heterocycles. The van der Waals surface area contributed by atoms with E-state index < -0.39 is 0 Å². The van der Waals surface area contributed by atoms with Gasteiger partial charge in [0.05, 0.1) is 0 Å². The fraction of sp³-hybridized carbons (Fsp3) is 0.818. The summed E-state index contributed by atoms with van der Waals surface area (Å²) in [5.74, 6) is 0. The second-order valence-corrected chi connectivity index (χ2v) is 3.87. The highest BCUT2D eigenvalue weighted by molar-refractivity contribution is 5.09. The molecule has 1 saturated carbocycles. The molecule has 64 valence electrons. The third-order valence-electron chi connectivity index (χ3n) is 2.66. The summed E-state index contributed by atoms with van der Waals surface area (Å²) < 4.78 is 0. The predicted octanol–water partition coefficient (Wildman–Crippen LogP) is 4.07. The molecule has 0 saturated heterocycles. The highest BCUT2D eigenvalue weighted by Crippen LogP contribution is 2.23. The van der Waals surface area contributed by atoms with Gasteiger partial charge < -0.3 is 0 Å². The third-order valence-corrected chi connectivity index (χ3v) is 2.66. The lowest BCUT2D eigenvalue weighted by Crippen LogP contribution is -1.93. The van der Waals surface area contributed by atoms with Crippen molar-refractivity contribution in [3.63, 3.8) is 0 Å². The highest BCUT2D eigenvalue weighted by Gasteiger charge is 2.03. The van der Waals surface area contributed by atoms with Crippen LogP contribution in [0.5, 0.6) is 0 Å². The van der Waals surface area contributed by atoms with Gasteiger partial charge in [-0.1, -0.05) is 30.4 Å². The molecule has 0 atom stereocenters. The van der Waals surface area contributed by atoms with E-state index in [0.29, 0.717) is 0 Å². The molecule has 0 spiro atoms. The van der Waals surface area contributed by atoms with Gasteiger partial charge in [-0.2, -0.15) is 0 Å². The van der Waals surface area contributed by atoms with E-state index in [1.165, 1.54) is 44.9 Å². The van der Waals surface area contributed by atoms with Crippen molar-refractivity contribution >= 4 is 0 Å². The molecule has 0 aliphatic heterocycles. The quantitative estimate of drug-likeness (QED) is 0.459. The Morgan fingerprint density at radius 2 is 1.27 bits per heavy atom. The van der Waals surface area contributed by atoms with E-state index >= 15 is 0 Å². The number of rotatable bonds is 0. The Hall–Kier alpha value is -0.260. The van der Waals surface area contributed by atoms with Crippen LogP contribution in [0, 0.1) is 0 Å². The van der Waals surface area contributed by atoms with Crippen molar-refractivity contribution < 1.29 is 0 Å². The van der Waals surface area contributed by atoms with Crippen molar-refractivity contribution in [2.45, 2.75) is 58.8 Å². The summed E-state index contributed by atoms with van der Waals surface area (Å²) in [7, 11) is 0. The van der Waals surface area contributed by atoms with Crippen LogP contribution in [-0.2, 0) is 0 Å². The van der Waals surface area contributed by atoms with Crippen LogP contribution in [-0.4, -0.2) is 0 Å². The normalized spacial score (nSPS) is 20.7. The molecule has 0 aromatic carbocycles. The minimum atomic E-state index is 1.38. The smallest absolute Gasteiger partial charge is 0.0318 e. The lowest BCUT2D eigenvalue weighted by molar-refractivity contribution is 0.565. The summed E-state index contributed by atoms with van der Waals surface area (Å²) in [6.45, 7) is 4.52. The molecule has 0 aromatic rings. The molecule has 0 heterocycles. The third kappa shape index (κ3) is 3.09. The van der Waals surface area contributed by atoms with Crippen molar-refractivity contribution in [1.29, 1.82) is 0 Å². The zero-order valence-corrected chi connectivity index (χ0v) is 7.95. The molecule has 0 unspecified atom stereocenters. The number of allylic oxidation sites excluding steroid dienone is 2. The largest absolute Gasteiger partial charge is 0.0772 e. The Labute approximate surface area is 70.7 Å². The first-order chi connectivity index (χ1) is 5.30. The molecule has 0 bridgehead atoms. The van der Waals surface area contributed by atoms with Crippen LogP contribution in [0.2, 0.25) is 0 Å². The molecular weight excluding hydrogens is 132 g/mol. The molecule has 1 rings (SSSR count). The molecule has 0 heteroatoms. The number of hydrogen-bond acceptors (Lipinski definition) is 0.